The molecule has 0 aromatic carbocycles. The molecule has 0 unspecified atom stereocenters. The summed E-state index contributed by atoms with van der Waals surface area (Å²) in [5.41, 5.74) is 0. The summed E-state index contributed by atoms with van der Waals surface area (Å²) in [6.45, 7) is 0. The molecule has 0 saturated carbocycles. The highest BCUT2D eigenvalue weighted by Gasteiger charge is 2.01. The van der Waals surface area contributed by atoms with E-state index in [-0.39, 0.29) is 0 Å². The first-order valence-corrected chi connectivity index (χ1v) is 2.84. The molecule has 4 heteroatoms. The van der Waals surface area contributed by atoms with Gasteiger partial charge >= 0.3 is 0 Å². The zero-order valence-corrected chi connectivity index (χ0v) is 6.01. The van der Waals surface area contributed by atoms with Crippen LogP contribution in [-0.4, -0.2) is 16.7 Å². The van der Waals surface area contributed by atoms with Gasteiger partial charge in [0.1, 0.15) is 5.15 Å². The molecule has 0 amide bonds. The summed E-state index contributed by atoms with van der Waals surface area (Å²) in [5.74, 6) is 0. The minimum Gasteiger partial charge on any atom is -0.468 e. The van der Waals surface area contributed by atoms with Gasteiger partial charge in [0.25, 0.3) is 6.01 Å². The summed E-state index contributed by atoms with van der Waals surface area (Å²) < 4.78 is 6.49. The molecule has 1 aromatic rings. The Morgan fingerprint density at radius 2 is 2.44 bits per heavy atom. The molecule has 0 aliphatic carbocycles. The Kier molecular flexibility index (Phi) is 1.62. The molecule has 0 atom stereocenters. The lowest BCUT2D eigenvalue weighted by Gasteiger charge is -1.97. The largest absolute Gasteiger partial charge is 0.468 e. The number of halogens is 1. The van der Waals surface area contributed by atoms with Crippen molar-refractivity contribution in [3.8, 4) is 6.01 Å². The molecule has 0 aliphatic heterocycles. The topological polar surface area (TPSA) is 27.1 Å². The Morgan fingerprint density at radius 3 is 2.67 bits per heavy atom. The molecule has 9 heavy (non-hydrogen) atoms. The van der Waals surface area contributed by atoms with Crippen LogP contribution >= 0.6 is 11.6 Å². The highest BCUT2D eigenvalue weighted by molar-refractivity contribution is 6.29. The maximum absolute atomic E-state index is 5.63. The average molecular weight is 147 g/mol. The van der Waals surface area contributed by atoms with Gasteiger partial charge in [-0.25, -0.2) is 4.98 Å². The fourth-order valence-electron chi connectivity index (χ4n) is 0.563. The standard InChI is InChI=1S/C5H7ClN2O/c1-8-4(6)3-7-5(8)9-2/h3H,1-2H3. The number of methoxy groups -OCH3 is 1. The first kappa shape index (κ1) is 6.42. The van der Waals surface area contributed by atoms with E-state index in [9.17, 15) is 0 Å². The summed E-state index contributed by atoms with van der Waals surface area (Å²) in [7, 11) is 3.34. The molecule has 0 N–H and O–H groups in total. The number of hydrogen-bond donors (Lipinski definition) is 0. The second kappa shape index (κ2) is 2.27. The van der Waals surface area contributed by atoms with Gasteiger partial charge in [-0.3, -0.25) is 4.57 Å². The lowest BCUT2D eigenvalue weighted by atomic mass is 10.9. The van der Waals surface area contributed by atoms with E-state index in [1.54, 1.807) is 24.9 Å². The normalized spacial score (nSPS) is 9.67. The van der Waals surface area contributed by atoms with Gasteiger partial charge in [0.15, 0.2) is 0 Å². The number of ether oxygens (including phenoxy) is 1. The van der Waals surface area contributed by atoms with E-state index in [0.29, 0.717) is 11.2 Å². The fraction of sp³-hybridized carbons (Fsp3) is 0.400. The minimum atomic E-state index is 0.528. The second-order valence-corrected chi connectivity index (χ2v) is 2.01. The third-order valence-electron chi connectivity index (χ3n) is 1.07. The predicted molar refractivity (Wildman–Crippen MR) is 34.8 cm³/mol. The fourth-order valence-corrected chi connectivity index (χ4v) is 0.684. The van der Waals surface area contributed by atoms with Crippen molar-refractivity contribution < 1.29 is 4.74 Å². The molecule has 1 aromatic heterocycles. The van der Waals surface area contributed by atoms with Gasteiger partial charge in [0.2, 0.25) is 0 Å². The van der Waals surface area contributed by atoms with Crippen molar-refractivity contribution in [3.63, 3.8) is 0 Å². The number of hydrogen-bond acceptors (Lipinski definition) is 2. The quantitative estimate of drug-likeness (QED) is 0.593. The van der Waals surface area contributed by atoms with E-state index in [1.807, 2.05) is 0 Å². The smallest absolute Gasteiger partial charge is 0.296 e. The van der Waals surface area contributed by atoms with Crippen LogP contribution in [0.2, 0.25) is 5.15 Å². The van der Waals surface area contributed by atoms with Crippen LogP contribution in [-0.2, 0) is 7.05 Å². The predicted octanol–water partition coefficient (Wildman–Crippen LogP) is 1.08. The maximum Gasteiger partial charge on any atom is 0.296 e. The monoisotopic (exact) mass is 146 g/mol. The Balaban J connectivity index is 3.04. The van der Waals surface area contributed by atoms with Crippen molar-refractivity contribution in [1.29, 1.82) is 0 Å². The first-order valence-electron chi connectivity index (χ1n) is 2.47. The Bertz CT molecular complexity index is 209. The van der Waals surface area contributed by atoms with Crippen LogP contribution in [0, 0.1) is 0 Å². The van der Waals surface area contributed by atoms with Gasteiger partial charge in [-0.2, -0.15) is 0 Å². The molecular weight excluding hydrogens is 140 g/mol. The zero-order chi connectivity index (χ0) is 6.85. The van der Waals surface area contributed by atoms with Gasteiger partial charge in [-0.1, -0.05) is 11.6 Å². The van der Waals surface area contributed by atoms with E-state index in [1.165, 1.54) is 0 Å². The zero-order valence-electron chi connectivity index (χ0n) is 5.26. The Labute approximate surface area is 58.2 Å². The third-order valence-corrected chi connectivity index (χ3v) is 1.42. The van der Waals surface area contributed by atoms with Crippen molar-refractivity contribution in [2.45, 2.75) is 0 Å². The number of rotatable bonds is 1. The number of aromatic nitrogens is 2. The highest BCUT2D eigenvalue weighted by Crippen LogP contribution is 2.13. The van der Waals surface area contributed by atoms with E-state index in [4.69, 9.17) is 16.3 Å². The van der Waals surface area contributed by atoms with E-state index < -0.39 is 0 Å². The maximum atomic E-state index is 5.63. The van der Waals surface area contributed by atoms with Crippen molar-refractivity contribution in [2.75, 3.05) is 7.11 Å². The number of imidazole rings is 1. The first-order chi connectivity index (χ1) is 4.25. The van der Waals surface area contributed by atoms with Crippen molar-refractivity contribution in [2.24, 2.45) is 7.05 Å². The summed E-state index contributed by atoms with van der Waals surface area (Å²) >= 11 is 5.63. The minimum absolute atomic E-state index is 0.528. The highest BCUT2D eigenvalue weighted by atomic mass is 35.5. The van der Waals surface area contributed by atoms with Crippen LogP contribution in [0.15, 0.2) is 6.20 Å². The molecule has 0 aliphatic rings. The van der Waals surface area contributed by atoms with E-state index in [0.717, 1.165) is 0 Å². The molecule has 1 rings (SSSR count). The summed E-state index contributed by atoms with van der Waals surface area (Å²) in [5, 5.41) is 0.576. The average Bonchev–Trinajstić information content (AvgIpc) is 2.15. The van der Waals surface area contributed by atoms with E-state index >= 15 is 0 Å². The van der Waals surface area contributed by atoms with Gasteiger partial charge in [-0.05, 0) is 0 Å². The van der Waals surface area contributed by atoms with Crippen LogP contribution in [0.5, 0.6) is 6.01 Å². The van der Waals surface area contributed by atoms with Crippen LogP contribution in [0.1, 0.15) is 0 Å². The third kappa shape index (κ3) is 1.00. The SMILES string of the molecule is COc1ncc(Cl)n1C. The van der Waals surface area contributed by atoms with Crippen molar-refractivity contribution in [1.82, 2.24) is 9.55 Å². The van der Waals surface area contributed by atoms with Crippen molar-refractivity contribution in [3.05, 3.63) is 11.3 Å². The van der Waals surface area contributed by atoms with Gasteiger partial charge in [0.05, 0.1) is 13.3 Å². The van der Waals surface area contributed by atoms with E-state index in [2.05, 4.69) is 4.98 Å². The molecule has 0 spiro atoms. The van der Waals surface area contributed by atoms with Crippen LogP contribution in [0.3, 0.4) is 0 Å². The molecule has 3 nitrogen and oxygen atoms in total. The lowest BCUT2D eigenvalue weighted by molar-refractivity contribution is 0.366. The van der Waals surface area contributed by atoms with Gasteiger partial charge < -0.3 is 4.74 Å². The van der Waals surface area contributed by atoms with Gasteiger partial charge in [0, 0.05) is 7.05 Å². The molecule has 50 valence electrons. The summed E-state index contributed by atoms with van der Waals surface area (Å²) in [4.78, 5) is 3.84. The number of nitrogens with zero attached hydrogens (tertiary/aromatic N) is 2. The van der Waals surface area contributed by atoms with Crippen LogP contribution in [0.4, 0.5) is 0 Å². The lowest BCUT2D eigenvalue weighted by Crippen LogP contribution is -1.93. The molecule has 0 fully saturated rings. The van der Waals surface area contributed by atoms with Crippen molar-refractivity contribution >= 4 is 11.6 Å². The molecular formula is C5H7ClN2O. The summed E-state index contributed by atoms with van der Waals surface area (Å²) in [6, 6.07) is 0.528. The molecule has 0 saturated heterocycles. The Hall–Kier alpha value is -0.700. The second-order valence-electron chi connectivity index (χ2n) is 1.63. The molecule has 0 radical (unpaired) electrons. The van der Waals surface area contributed by atoms with Crippen LogP contribution in [0.25, 0.3) is 0 Å². The van der Waals surface area contributed by atoms with Crippen LogP contribution < -0.4 is 4.74 Å². The molecule has 0 bridgehead atoms. The molecule has 1 heterocycles. The Morgan fingerprint density at radius 1 is 1.78 bits per heavy atom. The summed E-state index contributed by atoms with van der Waals surface area (Å²) in [6.07, 6.45) is 1.54. The van der Waals surface area contributed by atoms with Gasteiger partial charge in [-0.15, -0.1) is 0 Å².